The number of nitrogens with zero attached hydrogens (tertiary/aromatic N) is 5. The van der Waals surface area contributed by atoms with Crippen LogP contribution in [0.5, 0.6) is 0 Å². The van der Waals surface area contributed by atoms with Crippen molar-refractivity contribution in [2.24, 2.45) is 5.41 Å². The van der Waals surface area contributed by atoms with Crippen LogP contribution in [-0.4, -0.2) is 24.7 Å². The van der Waals surface area contributed by atoms with E-state index in [-0.39, 0.29) is 17.0 Å². The Kier molecular flexibility index (Phi) is 5.49. The average Bonchev–Trinajstić information content (AvgIpc) is 3.20. The van der Waals surface area contributed by atoms with Crippen molar-refractivity contribution in [1.29, 1.82) is 0 Å². The zero-order valence-electron chi connectivity index (χ0n) is 17.8. The molecule has 3 aromatic heterocycles. The fourth-order valence-electron chi connectivity index (χ4n) is 3.15. The summed E-state index contributed by atoms with van der Waals surface area (Å²) >= 11 is 5.93. The van der Waals surface area contributed by atoms with Crippen molar-refractivity contribution in [3.05, 3.63) is 63.9 Å². The molecule has 0 aliphatic heterocycles. The van der Waals surface area contributed by atoms with Gasteiger partial charge in [-0.3, -0.25) is 9.36 Å². The van der Waals surface area contributed by atoms with Gasteiger partial charge in [-0.05, 0) is 42.7 Å². The van der Waals surface area contributed by atoms with E-state index in [0.717, 1.165) is 10.9 Å². The number of aromatic nitrogens is 5. The van der Waals surface area contributed by atoms with Crippen molar-refractivity contribution < 1.29 is 4.52 Å². The minimum absolute atomic E-state index is 0.0776. The molecule has 3 heterocycles. The van der Waals surface area contributed by atoms with E-state index in [2.05, 4.69) is 46.2 Å². The number of fused-ring (bicyclic) bond motifs is 1. The van der Waals surface area contributed by atoms with Crippen LogP contribution in [0.3, 0.4) is 0 Å². The molecule has 0 unspecified atom stereocenters. The molecular weight excluding hydrogens is 416 g/mol. The highest BCUT2D eigenvalue weighted by molar-refractivity contribution is 6.30. The predicted molar refractivity (Wildman–Crippen MR) is 120 cm³/mol. The highest BCUT2D eigenvalue weighted by Gasteiger charge is 2.18. The van der Waals surface area contributed by atoms with Crippen molar-refractivity contribution in [1.82, 2.24) is 24.7 Å². The number of hydrogen-bond donors (Lipinski definition) is 1. The highest BCUT2D eigenvalue weighted by Crippen LogP contribution is 2.23. The molecule has 0 saturated heterocycles. The molecule has 8 nitrogen and oxygen atoms in total. The van der Waals surface area contributed by atoms with E-state index in [1.807, 2.05) is 19.1 Å². The molecular formula is C22H23ClN6O2. The Bertz CT molecular complexity index is 1270. The molecule has 0 bridgehead atoms. The van der Waals surface area contributed by atoms with Crippen LogP contribution < -0.4 is 10.9 Å². The minimum Gasteiger partial charge on any atom is -0.343 e. The molecule has 0 saturated carbocycles. The standard InChI is InChI=1S/C22H23ClN6O2/c1-13(20-26-18(28-31-20)14-5-8-16(23)9-6-14)25-21-24-11-15-7-10-17(30)29(19(15)27-21)12-22(2,3)4/h5-11,13H,12H2,1-4H3,(H,24,25,27)/t13-/m0/s1. The molecule has 1 aromatic carbocycles. The number of rotatable bonds is 5. The van der Waals surface area contributed by atoms with Crippen LogP contribution in [0, 0.1) is 5.41 Å². The van der Waals surface area contributed by atoms with Gasteiger partial charge in [0.2, 0.25) is 17.7 Å². The van der Waals surface area contributed by atoms with E-state index in [4.69, 9.17) is 16.1 Å². The molecule has 0 radical (unpaired) electrons. The second kappa shape index (κ2) is 8.11. The van der Waals surface area contributed by atoms with E-state index < -0.39 is 0 Å². The third-order valence-electron chi connectivity index (χ3n) is 4.62. The maximum absolute atomic E-state index is 12.5. The molecule has 160 valence electrons. The number of halogens is 1. The van der Waals surface area contributed by atoms with Crippen molar-refractivity contribution in [2.45, 2.75) is 40.3 Å². The first-order valence-electron chi connectivity index (χ1n) is 9.92. The number of anilines is 1. The summed E-state index contributed by atoms with van der Waals surface area (Å²) < 4.78 is 7.09. The molecule has 31 heavy (non-hydrogen) atoms. The van der Waals surface area contributed by atoms with Gasteiger partial charge in [0.25, 0.3) is 5.56 Å². The van der Waals surface area contributed by atoms with Gasteiger partial charge in [-0.25, -0.2) is 4.98 Å². The lowest BCUT2D eigenvalue weighted by atomic mass is 9.97. The van der Waals surface area contributed by atoms with E-state index in [0.29, 0.717) is 34.9 Å². The maximum atomic E-state index is 12.5. The number of benzene rings is 1. The average molecular weight is 439 g/mol. The monoisotopic (exact) mass is 438 g/mol. The molecule has 1 atom stereocenters. The van der Waals surface area contributed by atoms with Crippen LogP contribution in [0.1, 0.15) is 39.6 Å². The molecule has 4 aromatic rings. The fraction of sp³-hybridized carbons (Fsp3) is 0.318. The summed E-state index contributed by atoms with van der Waals surface area (Å²) in [4.78, 5) is 25.9. The van der Waals surface area contributed by atoms with Crippen molar-refractivity contribution >= 4 is 28.6 Å². The van der Waals surface area contributed by atoms with Gasteiger partial charge in [-0.15, -0.1) is 0 Å². The summed E-state index contributed by atoms with van der Waals surface area (Å²) in [5, 5.41) is 8.65. The second-order valence-corrected chi connectivity index (χ2v) is 9.06. The third kappa shape index (κ3) is 4.74. The summed E-state index contributed by atoms with van der Waals surface area (Å²) in [7, 11) is 0. The zero-order valence-corrected chi connectivity index (χ0v) is 18.5. The molecule has 0 fully saturated rings. The second-order valence-electron chi connectivity index (χ2n) is 8.62. The Morgan fingerprint density at radius 1 is 1.13 bits per heavy atom. The Hall–Kier alpha value is -3.26. The molecule has 0 aliphatic rings. The zero-order chi connectivity index (χ0) is 22.2. The Balaban J connectivity index is 1.60. The van der Waals surface area contributed by atoms with Crippen LogP contribution in [0.25, 0.3) is 22.4 Å². The maximum Gasteiger partial charge on any atom is 0.252 e. The van der Waals surface area contributed by atoms with Gasteiger partial charge < -0.3 is 9.84 Å². The van der Waals surface area contributed by atoms with Crippen molar-refractivity contribution in [3.63, 3.8) is 0 Å². The summed E-state index contributed by atoms with van der Waals surface area (Å²) in [5.74, 6) is 1.24. The smallest absolute Gasteiger partial charge is 0.252 e. The lowest BCUT2D eigenvalue weighted by Crippen LogP contribution is -2.27. The van der Waals surface area contributed by atoms with Gasteiger partial charge >= 0.3 is 0 Å². The highest BCUT2D eigenvalue weighted by atomic mass is 35.5. The molecule has 0 spiro atoms. The first-order chi connectivity index (χ1) is 14.7. The SMILES string of the molecule is C[C@H](Nc1ncc2ccc(=O)n(CC(C)(C)C)c2n1)c1nc(-c2ccc(Cl)cc2)no1. The topological polar surface area (TPSA) is 98.7 Å². The molecule has 0 amide bonds. The lowest BCUT2D eigenvalue weighted by Gasteiger charge is -2.21. The van der Waals surface area contributed by atoms with Crippen LogP contribution in [0.4, 0.5) is 5.95 Å². The van der Waals surface area contributed by atoms with Gasteiger partial charge in [-0.1, -0.05) is 37.5 Å². The van der Waals surface area contributed by atoms with E-state index >= 15 is 0 Å². The van der Waals surface area contributed by atoms with Gasteiger partial charge in [0.05, 0.1) is 0 Å². The van der Waals surface area contributed by atoms with E-state index in [1.54, 1.807) is 35.0 Å². The number of pyridine rings is 1. The normalized spacial score (nSPS) is 12.8. The number of hydrogen-bond acceptors (Lipinski definition) is 7. The summed E-state index contributed by atoms with van der Waals surface area (Å²) in [6.45, 7) is 8.65. The fourth-order valence-corrected chi connectivity index (χ4v) is 3.28. The largest absolute Gasteiger partial charge is 0.343 e. The Labute approximate surface area is 184 Å². The van der Waals surface area contributed by atoms with Gasteiger partial charge in [0, 0.05) is 34.8 Å². The summed E-state index contributed by atoms with van der Waals surface area (Å²) in [6.07, 6.45) is 1.70. The molecule has 9 heteroatoms. The molecule has 4 rings (SSSR count). The number of nitrogens with one attached hydrogen (secondary N) is 1. The van der Waals surface area contributed by atoms with E-state index in [9.17, 15) is 4.79 Å². The first kappa shape index (κ1) is 21.0. The Morgan fingerprint density at radius 2 is 1.87 bits per heavy atom. The van der Waals surface area contributed by atoms with Gasteiger partial charge in [-0.2, -0.15) is 9.97 Å². The summed E-state index contributed by atoms with van der Waals surface area (Å²) in [5.41, 5.74) is 1.22. The molecule has 1 N–H and O–H groups in total. The van der Waals surface area contributed by atoms with Crippen LogP contribution in [0.15, 0.2) is 51.9 Å². The van der Waals surface area contributed by atoms with Crippen LogP contribution in [0.2, 0.25) is 5.02 Å². The van der Waals surface area contributed by atoms with Crippen molar-refractivity contribution in [3.8, 4) is 11.4 Å². The first-order valence-corrected chi connectivity index (χ1v) is 10.3. The van der Waals surface area contributed by atoms with Crippen LogP contribution in [-0.2, 0) is 6.54 Å². The molecule has 0 aliphatic carbocycles. The Morgan fingerprint density at radius 3 is 2.58 bits per heavy atom. The van der Waals surface area contributed by atoms with Crippen molar-refractivity contribution in [2.75, 3.05) is 5.32 Å². The third-order valence-corrected chi connectivity index (χ3v) is 4.87. The van der Waals surface area contributed by atoms with Crippen LogP contribution >= 0.6 is 11.6 Å². The van der Waals surface area contributed by atoms with E-state index in [1.165, 1.54) is 0 Å². The quantitative estimate of drug-likeness (QED) is 0.481. The van der Waals surface area contributed by atoms with Gasteiger partial charge in [0.1, 0.15) is 11.7 Å². The van der Waals surface area contributed by atoms with Gasteiger partial charge in [0.15, 0.2) is 0 Å². The minimum atomic E-state index is -0.336. The predicted octanol–water partition coefficient (Wildman–Crippen LogP) is 4.71. The lowest BCUT2D eigenvalue weighted by molar-refractivity contribution is 0.343. The summed E-state index contributed by atoms with van der Waals surface area (Å²) in [6, 6.07) is 10.2.